The summed E-state index contributed by atoms with van der Waals surface area (Å²) >= 11 is 0. The minimum atomic E-state index is -0.889. The summed E-state index contributed by atoms with van der Waals surface area (Å²) in [6.07, 6.45) is 61.0. The fourth-order valence-corrected chi connectivity index (χ4v) is 6.10. The summed E-state index contributed by atoms with van der Waals surface area (Å²) in [6, 6.07) is -0.632. The van der Waals surface area contributed by atoms with Gasteiger partial charge in [0.2, 0.25) is 0 Å². The van der Waals surface area contributed by atoms with E-state index < -0.39 is 18.1 Å². The van der Waals surface area contributed by atoms with Crippen molar-refractivity contribution in [3.63, 3.8) is 0 Å². The number of allylic oxidation sites excluding steroid dienone is 20. The van der Waals surface area contributed by atoms with E-state index >= 15 is 0 Å². The number of ether oxygens (including phenoxy) is 3. The Hall–Kier alpha value is -4.27. The molecule has 0 spiro atoms. The van der Waals surface area contributed by atoms with Crippen LogP contribution in [-0.4, -0.2) is 80.6 Å². The number of hydrogen-bond donors (Lipinski definition) is 1. The molecule has 0 saturated heterocycles. The van der Waals surface area contributed by atoms with Crippen molar-refractivity contribution < 1.29 is 38.2 Å². The van der Waals surface area contributed by atoms with Gasteiger partial charge in [-0.1, -0.05) is 167 Å². The molecule has 0 aromatic heterocycles. The van der Waals surface area contributed by atoms with Crippen LogP contribution in [-0.2, 0) is 28.6 Å². The van der Waals surface area contributed by atoms with Crippen molar-refractivity contribution in [2.45, 2.75) is 161 Å². The molecule has 0 radical (unpaired) electrons. The van der Waals surface area contributed by atoms with E-state index in [4.69, 9.17) is 14.2 Å². The summed E-state index contributed by atoms with van der Waals surface area (Å²) in [5.41, 5.74) is 0. The van der Waals surface area contributed by atoms with Gasteiger partial charge in [0, 0.05) is 19.3 Å². The molecular weight excluding hydrogens is 775 g/mol. The van der Waals surface area contributed by atoms with Gasteiger partial charge in [-0.25, -0.2) is 4.79 Å². The molecule has 0 aliphatic carbocycles. The number of quaternary nitrogens is 1. The molecular formula is C54H86NO7+. The van der Waals surface area contributed by atoms with Crippen molar-refractivity contribution in [1.29, 1.82) is 0 Å². The first-order valence-corrected chi connectivity index (χ1v) is 23.6. The maximum atomic E-state index is 12.7. The largest absolute Gasteiger partial charge is 0.477 e. The molecule has 0 aliphatic rings. The van der Waals surface area contributed by atoms with Crippen LogP contribution in [0.3, 0.4) is 0 Å². The number of esters is 2. The number of nitrogens with zero attached hydrogens (tertiary/aromatic N) is 1. The van der Waals surface area contributed by atoms with Crippen LogP contribution >= 0.6 is 0 Å². The highest BCUT2D eigenvalue weighted by atomic mass is 16.6. The highest BCUT2D eigenvalue weighted by Gasteiger charge is 2.31. The first-order chi connectivity index (χ1) is 30.1. The maximum absolute atomic E-state index is 12.7. The van der Waals surface area contributed by atoms with Crippen molar-refractivity contribution in [3.05, 3.63) is 122 Å². The monoisotopic (exact) mass is 861 g/mol. The van der Waals surface area contributed by atoms with Crippen LogP contribution in [0, 0.1) is 0 Å². The van der Waals surface area contributed by atoms with Gasteiger partial charge < -0.3 is 23.8 Å². The molecule has 0 saturated carbocycles. The Morgan fingerprint density at radius 3 is 1.45 bits per heavy atom. The second-order valence-electron chi connectivity index (χ2n) is 16.3. The number of carbonyl (C=O) groups excluding carboxylic acids is 2. The van der Waals surface area contributed by atoms with Crippen LogP contribution < -0.4 is 0 Å². The molecule has 0 aromatic rings. The SMILES string of the molecule is CC/C=C/C=C/C=C/C=C/CCCCCCCC(=O)OC(COCCC(C(=O)O)[N+](C)(C)C)COC(=O)CCCCCC/C=C/C/C=C/C/C=C/C/C=C/C/C=C/C/C=C/CC. The van der Waals surface area contributed by atoms with Crippen molar-refractivity contribution in [1.82, 2.24) is 0 Å². The predicted octanol–water partition coefficient (Wildman–Crippen LogP) is 13.4. The zero-order valence-electron chi connectivity index (χ0n) is 39.5. The highest BCUT2D eigenvalue weighted by Crippen LogP contribution is 2.12. The third-order valence-corrected chi connectivity index (χ3v) is 9.70. The molecule has 0 heterocycles. The molecule has 0 rings (SSSR count). The Morgan fingerprint density at radius 2 is 0.935 bits per heavy atom. The first kappa shape index (κ1) is 57.7. The van der Waals surface area contributed by atoms with E-state index in [-0.39, 0.29) is 42.7 Å². The number of likely N-dealkylation sites (N-methyl/N-ethyl adjacent to an activating group) is 1. The summed E-state index contributed by atoms with van der Waals surface area (Å²) in [5, 5.41) is 9.64. The van der Waals surface area contributed by atoms with Gasteiger partial charge in [-0.2, -0.15) is 0 Å². The van der Waals surface area contributed by atoms with E-state index in [0.717, 1.165) is 116 Å². The first-order valence-electron chi connectivity index (χ1n) is 23.6. The third kappa shape index (κ3) is 41.1. The lowest BCUT2D eigenvalue weighted by Crippen LogP contribution is -2.50. The molecule has 0 fully saturated rings. The molecule has 8 nitrogen and oxygen atoms in total. The molecule has 8 heteroatoms. The average molecular weight is 861 g/mol. The van der Waals surface area contributed by atoms with E-state index in [1.165, 1.54) is 0 Å². The van der Waals surface area contributed by atoms with Crippen molar-refractivity contribution in [3.8, 4) is 0 Å². The number of carbonyl (C=O) groups is 3. The van der Waals surface area contributed by atoms with Crippen molar-refractivity contribution in [2.75, 3.05) is 41.0 Å². The second kappa shape index (κ2) is 43.4. The molecule has 2 atom stereocenters. The van der Waals surface area contributed by atoms with E-state index in [9.17, 15) is 19.5 Å². The van der Waals surface area contributed by atoms with Gasteiger partial charge >= 0.3 is 17.9 Å². The highest BCUT2D eigenvalue weighted by molar-refractivity contribution is 5.72. The van der Waals surface area contributed by atoms with Gasteiger partial charge in [-0.3, -0.25) is 9.59 Å². The molecule has 0 bridgehead atoms. The predicted molar refractivity (Wildman–Crippen MR) is 261 cm³/mol. The van der Waals surface area contributed by atoms with E-state index in [1.54, 1.807) is 0 Å². The molecule has 62 heavy (non-hydrogen) atoms. The van der Waals surface area contributed by atoms with E-state index in [0.29, 0.717) is 12.8 Å². The van der Waals surface area contributed by atoms with Gasteiger partial charge in [0.1, 0.15) is 6.61 Å². The molecule has 0 amide bonds. The van der Waals surface area contributed by atoms with Crippen molar-refractivity contribution >= 4 is 17.9 Å². The number of carboxylic acid groups (broad SMARTS) is 1. The fraction of sp³-hybridized carbons (Fsp3) is 0.574. The summed E-state index contributed by atoms with van der Waals surface area (Å²) < 4.78 is 17.3. The maximum Gasteiger partial charge on any atom is 0.362 e. The number of hydrogen-bond acceptors (Lipinski definition) is 6. The zero-order chi connectivity index (χ0) is 45.6. The normalized spacial score (nSPS) is 14.0. The number of rotatable bonds is 40. The van der Waals surface area contributed by atoms with Gasteiger partial charge in [0.05, 0.1) is 34.4 Å². The summed E-state index contributed by atoms with van der Waals surface area (Å²) in [6.45, 7) is 4.40. The van der Waals surface area contributed by atoms with Crippen LogP contribution in [0.15, 0.2) is 122 Å². The summed E-state index contributed by atoms with van der Waals surface area (Å²) in [7, 11) is 5.50. The van der Waals surface area contributed by atoms with Crippen LogP contribution in [0.2, 0.25) is 0 Å². The minimum Gasteiger partial charge on any atom is -0.477 e. The quantitative estimate of drug-likeness (QED) is 0.0215. The van der Waals surface area contributed by atoms with Crippen LogP contribution in [0.1, 0.15) is 149 Å². The number of aliphatic carboxylic acids is 1. The van der Waals surface area contributed by atoms with Crippen molar-refractivity contribution in [2.24, 2.45) is 0 Å². The molecule has 2 unspecified atom stereocenters. The second-order valence-corrected chi connectivity index (χ2v) is 16.3. The molecule has 1 N–H and O–H groups in total. The van der Waals surface area contributed by atoms with Crippen LogP contribution in [0.25, 0.3) is 0 Å². The lowest BCUT2D eigenvalue weighted by atomic mass is 10.1. The average Bonchev–Trinajstić information content (AvgIpc) is 3.23. The lowest BCUT2D eigenvalue weighted by molar-refractivity contribution is -0.887. The topological polar surface area (TPSA) is 99.1 Å². The zero-order valence-corrected chi connectivity index (χ0v) is 39.5. The molecule has 0 aromatic carbocycles. The molecule has 348 valence electrons. The van der Waals surface area contributed by atoms with E-state index in [2.05, 4.69) is 105 Å². The summed E-state index contributed by atoms with van der Waals surface area (Å²) in [4.78, 5) is 37.1. The number of unbranched alkanes of at least 4 members (excludes halogenated alkanes) is 9. The Kier molecular flexibility index (Phi) is 40.4. The molecule has 0 aliphatic heterocycles. The summed E-state index contributed by atoms with van der Waals surface area (Å²) in [5.74, 6) is -1.55. The van der Waals surface area contributed by atoms with Gasteiger partial charge in [-0.05, 0) is 83.5 Å². The lowest BCUT2D eigenvalue weighted by Gasteiger charge is -2.31. The van der Waals surface area contributed by atoms with E-state index in [1.807, 2.05) is 51.5 Å². The smallest absolute Gasteiger partial charge is 0.362 e. The van der Waals surface area contributed by atoms with Gasteiger partial charge in [-0.15, -0.1) is 0 Å². The Balaban J connectivity index is 4.40. The Labute approximate surface area is 378 Å². The standard InChI is InChI=1S/C54H85NO7/c1-6-8-10-12-14-16-18-20-22-23-24-25-26-27-28-29-31-32-34-36-38-40-42-44-52(56)61-49-50(48-60-47-46-51(54(58)59)55(3,4)5)62-53(57)45-43-41-39-37-35-33-30-21-19-17-15-13-11-9-7-2/h8-11,13-17,19-22,24-25,27-28,30-32,50-51H,6-7,12,18,23,26,29,33-49H2,1-5H3/p+1/b10-8+,11-9+,15-13+,16-14+,19-17+,22-20+,25-24+,28-27+,30-21+,32-31+. The van der Waals surface area contributed by atoms with Crippen LogP contribution in [0.5, 0.6) is 0 Å². The fourth-order valence-electron chi connectivity index (χ4n) is 6.10. The van der Waals surface area contributed by atoms with Gasteiger partial charge in [0.25, 0.3) is 0 Å². The Bertz CT molecular complexity index is 1420. The minimum absolute atomic E-state index is 0.0337. The number of carboxylic acids is 1. The Morgan fingerprint density at radius 1 is 0.500 bits per heavy atom. The van der Waals surface area contributed by atoms with Gasteiger partial charge in [0.15, 0.2) is 12.1 Å². The van der Waals surface area contributed by atoms with Crippen LogP contribution in [0.4, 0.5) is 0 Å². The third-order valence-electron chi connectivity index (χ3n) is 9.70.